The molecule has 0 aromatic heterocycles. The number of amides is 2. The molecule has 0 radical (unpaired) electrons. The molecule has 6 N–H and O–H groups in total. The Morgan fingerprint density at radius 3 is 1.97 bits per heavy atom. The van der Waals surface area contributed by atoms with E-state index in [0.717, 1.165) is 12.1 Å². The van der Waals surface area contributed by atoms with Crippen molar-refractivity contribution in [1.82, 2.24) is 0 Å². The summed E-state index contributed by atoms with van der Waals surface area (Å²) in [6.45, 7) is 0. The lowest BCUT2D eigenvalue weighted by atomic mass is 9.84. The minimum absolute atomic E-state index is 0.281. The lowest BCUT2D eigenvalue weighted by molar-refractivity contribution is -0.137. The van der Waals surface area contributed by atoms with Gasteiger partial charge in [-0.2, -0.15) is 13.2 Å². The number of hydrogen-bond acceptors (Lipinski definition) is 5. The van der Waals surface area contributed by atoms with E-state index in [1.165, 1.54) is 6.07 Å². The first-order valence-electron chi connectivity index (χ1n) is 7.53. The molecule has 0 unspecified atom stereocenters. The summed E-state index contributed by atoms with van der Waals surface area (Å²) >= 11 is 11.7. The van der Waals surface area contributed by atoms with Crippen molar-refractivity contribution in [1.29, 1.82) is 0 Å². The van der Waals surface area contributed by atoms with Crippen LogP contribution in [0.25, 0.3) is 11.1 Å². The maximum atomic E-state index is 14.0. The largest absolute Gasteiger partial charge is 0.506 e. The number of primary amides is 2. The van der Waals surface area contributed by atoms with Crippen LogP contribution in [0.3, 0.4) is 0 Å². The molecule has 2 aromatic rings. The Balaban J connectivity index is 3.34. The zero-order valence-electron chi connectivity index (χ0n) is 14.3. The van der Waals surface area contributed by atoms with Crippen molar-refractivity contribution in [2.24, 2.45) is 11.5 Å². The lowest BCUT2D eigenvalue weighted by Crippen LogP contribution is -2.30. The highest BCUT2D eigenvalue weighted by molar-refractivity contribution is 6.45. The fourth-order valence-electron chi connectivity index (χ4n) is 2.79. The summed E-state index contributed by atoms with van der Waals surface area (Å²) in [6, 6.07) is 3.24. The minimum atomic E-state index is -5.50. The molecule has 0 aliphatic rings. The van der Waals surface area contributed by atoms with Crippen LogP contribution >= 0.6 is 23.2 Å². The maximum absolute atomic E-state index is 14.0. The molecule has 2 aromatic carbocycles. The average molecular weight is 465 g/mol. The number of benzene rings is 2. The van der Waals surface area contributed by atoms with Gasteiger partial charge in [0.25, 0.3) is 11.7 Å². The summed E-state index contributed by atoms with van der Waals surface area (Å²) in [5.41, 5.74) is 1.11. The molecule has 0 spiro atoms. The van der Waals surface area contributed by atoms with Gasteiger partial charge in [-0.1, -0.05) is 35.3 Å². The number of rotatable bonds is 5. The third kappa shape index (κ3) is 3.76. The van der Waals surface area contributed by atoms with Gasteiger partial charge in [0.15, 0.2) is 0 Å². The van der Waals surface area contributed by atoms with Gasteiger partial charge in [0.05, 0.1) is 26.7 Å². The van der Waals surface area contributed by atoms with Gasteiger partial charge in [-0.25, -0.2) is 4.79 Å². The Labute approximate surface area is 174 Å². The number of nitrogens with two attached hydrogens (primary N) is 2. The number of phenols is 1. The van der Waals surface area contributed by atoms with Gasteiger partial charge in [0, 0.05) is 11.1 Å². The van der Waals surface area contributed by atoms with Crippen LogP contribution in [0.2, 0.25) is 10.0 Å². The Hall–Kier alpha value is -3.31. The van der Waals surface area contributed by atoms with E-state index in [9.17, 15) is 42.6 Å². The molecular formula is C17H9Cl2F3N2O6. The van der Waals surface area contributed by atoms with Crippen molar-refractivity contribution in [3.8, 4) is 16.9 Å². The Bertz CT molecular complexity index is 1130. The highest BCUT2D eigenvalue weighted by Gasteiger charge is 2.45. The third-order valence-electron chi connectivity index (χ3n) is 3.89. The van der Waals surface area contributed by atoms with Crippen LogP contribution < -0.4 is 11.5 Å². The molecule has 2 amide bonds. The van der Waals surface area contributed by atoms with Crippen molar-refractivity contribution in [3.05, 3.63) is 50.5 Å². The van der Waals surface area contributed by atoms with Crippen molar-refractivity contribution in [2.75, 3.05) is 0 Å². The summed E-state index contributed by atoms with van der Waals surface area (Å²) in [6.07, 6.45) is -5.50. The molecule has 0 bridgehead atoms. The SMILES string of the molecule is NC(=O)C(=O)c1c(O)c(C(=O)O)c(-c2cccc(Cl)c2Cl)c(C(F)(F)F)c1C(N)=O. The Morgan fingerprint density at radius 1 is 0.967 bits per heavy atom. The van der Waals surface area contributed by atoms with Crippen LogP contribution in [0, 0.1) is 0 Å². The second-order valence-electron chi connectivity index (χ2n) is 5.69. The number of hydrogen-bond donors (Lipinski definition) is 4. The molecule has 2 rings (SSSR count). The second kappa shape index (κ2) is 7.84. The number of halogens is 5. The highest BCUT2D eigenvalue weighted by Crippen LogP contribution is 2.49. The molecule has 0 saturated carbocycles. The third-order valence-corrected chi connectivity index (χ3v) is 4.71. The number of Topliss-reactive ketones (excluding diaryl/α,β-unsaturated/α-hetero) is 1. The highest BCUT2D eigenvalue weighted by atomic mass is 35.5. The number of carbonyl (C=O) groups excluding carboxylic acids is 3. The van der Waals surface area contributed by atoms with Gasteiger partial charge in [-0.3, -0.25) is 14.4 Å². The first-order valence-corrected chi connectivity index (χ1v) is 8.29. The molecule has 8 nitrogen and oxygen atoms in total. The lowest BCUT2D eigenvalue weighted by Gasteiger charge is -2.22. The first kappa shape index (κ1) is 23.0. The summed E-state index contributed by atoms with van der Waals surface area (Å²) in [5, 5.41) is 19.0. The van der Waals surface area contributed by atoms with Crippen LogP contribution in [0.15, 0.2) is 18.2 Å². The number of aromatic hydroxyl groups is 1. The quantitative estimate of drug-likeness (QED) is 0.392. The summed E-state index contributed by atoms with van der Waals surface area (Å²) in [5.74, 6) is -9.49. The van der Waals surface area contributed by atoms with Crippen LogP contribution in [-0.2, 0) is 11.0 Å². The average Bonchev–Trinajstić information content (AvgIpc) is 2.60. The number of carboxylic acids is 1. The van der Waals surface area contributed by atoms with E-state index in [0.29, 0.717) is 0 Å². The molecular weight excluding hydrogens is 456 g/mol. The molecule has 13 heteroatoms. The smallest absolute Gasteiger partial charge is 0.417 e. The zero-order valence-corrected chi connectivity index (χ0v) is 15.8. The van der Waals surface area contributed by atoms with E-state index < -0.39 is 73.9 Å². The van der Waals surface area contributed by atoms with E-state index in [1.54, 1.807) is 0 Å². The molecule has 30 heavy (non-hydrogen) atoms. The van der Waals surface area contributed by atoms with Gasteiger partial charge < -0.3 is 21.7 Å². The van der Waals surface area contributed by atoms with E-state index >= 15 is 0 Å². The van der Waals surface area contributed by atoms with Crippen LogP contribution in [0.1, 0.15) is 36.6 Å². The normalized spacial score (nSPS) is 11.2. The predicted molar refractivity (Wildman–Crippen MR) is 97.6 cm³/mol. The van der Waals surface area contributed by atoms with Gasteiger partial charge >= 0.3 is 12.1 Å². The summed E-state index contributed by atoms with van der Waals surface area (Å²) in [4.78, 5) is 47.0. The minimum Gasteiger partial charge on any atom is -0.506 e. The molecule has 0 fully saturated rings. The van der Waals surface area contributed by atoms with E-state index in [4.69, 9.17) is 34.7 Å². The van der Waals surface area contributed by atoms with Crippen molar-refractivity contribution in [3.63, 3.8) is 0 Å². The fourth-order valence-corrected chi connectivity index (χ4v) is 3.18. The van der Waals surface area contributed by atoms with E-state index in [-0.39, 0.29) is 5.02 Å². The van der Waals surface area contributed by atoms with Crippen molar-refractivity contribution >= 4 is 46.8 Å². The van der Waals surface area contributed by atoms with E-state index in [2.05, 4.69) is 0 Å². The summed E-state index contributed by atoms with van der Waals surface area (Å²) < 4.78 is 42.1. The van der Waals surface area contributed by atoms with Crippen molar-refractivity contribution in [2.45, 2.75) is 6.18 Å². The number of ketones is 1. The zero-order chi connectivity index (χ0) is 23.1. The topological polar surface area (TPSA) is 161 Å². The molecule has 0 aliphatic heterocycles. The van der Waals surface area contributed by atoms with Crippen LogP contribution in [0.4, 0.5) is 13.2 Å². The summed E-state index contributed by atoms with van der Waals surface area (Å²) in [7, 11) is 0. The maximum Gasteiger partial charge on any atom is 0.417 e. The number of carboxylic acid groups (broad SMARTS) is 1. The number of alkyl halides is 3. The van der Waals surface area contributed by atoms with Gasteiger partial charge in [0.2, 0.25) is 5.91 Å². The number of carbonyl (C=O) groups is 4. The molecule has 158 valence electrons. The predicted octanol–water partition coefficient (Wildman–Crippen LogP) is 2.85. The Kier molecular flexibility index (Phi) is 6.00. The molecule has 0 saturated heterocycles. The molecule has 0 heterocycles. The number of aromatic carboxylic acids is 1. The van der Waals surface area contributed by atoms with Gasteiger partial charge in [-0.15, -0.1) is 0 Å². The monoisotopic (exact) mass is 464 g/mol. The van der Waals surface area contributed by atoms with E-state index in [1.807, 2.05) is 0 Å². The van der Waals surface area contributed by atoms with Crippen LogP contribution in [0.5, 0.6) is 5.75 Å². The van der Waals surface area contributed by atoms with Gasteiger partial charge in [-0.05, 0) is 6.07 Å². The fraction of sp³-hybridized carbons (Fsp3) is 0.0588. The molecule has 0 aliphatic carbocycles. The van der Waals surface area contributed by atoms with Crippen molar-refractivity contribution < 1.29 is 42.6 Å². The second-order valence-corrected chi connectivity index (χ2v) is 6.47. The molecule has 0 atom stereocenters. The standard InChI is InChI=1S/C17H9Cl2F3N2O6/c18-5-3-1-2-4(11(5)19)6-9(16(29)30)12(25)8(13(26)15(24)28)7(14(23)27)10(6)17(20,21)22/h1-3,25H,(H2,23,27)(H2,24,28)(H,29,30). The van der Waals surface area contributed by atoms with Crippen LogP contribution in [-0.4, -0.2) is 33.8 Å². The first-order chi connectivity index (χ1) is 13.7. The van der Waals surface area contributed by atoms with Gasteiger partial charge in [0.1, 0.15) is 11.3 Å². The Morgan fingerprint density at radius 2 is 1.53 bits per heavy atom.